The molecule has 0 aromatic heterocycles. The van der Waals surface area contributed by atoms with Crippen molar-refractivity contribution < 1.29 is 13.2 Å². The van der Waals surface area contributed by atoms with E-state index < -0.39 is 10.2 Å². The molecule has 2 rings (SSSR count). The van der Waals surface area contributed by atoms with E-state index in [1.165, 1.54) is 15.4 Å². The second kappa shape index (κ2) is 8.75. The van der Waals surface area contributed by atoms with E-state index in [1.54, 1.807) is 0 Å². The van der Waals surface area contributed by atoms with E-state index in [1.807, 2.05) is 4.90 Å². The Labute approximate surface area is 150 Å². The number of hydrogen-bond donors (Lipinski definition) is 2. The van der Waals surface area contributed by atoms with Gasteiger partial charge in [0.15, 0.2) is 0 Å². The van der Waals surface area contributed by atoms with E-state index >= 15 is 0 Å². The molecule has 1 heterocycles. The average Bonchev–Trinajstić information content (AvgIpc) is 2.55. The summed E-state index contributed by atoms with van der Waals surface area (Å²) < 4.78 is 23.7. The van der Waals surface area contributed by atoms with Crippen molar-refractivity contribution in [3.63, 3.8) is 0 Å². The minimum Gasteiger partial charge on any atom is -0.355 e. The molecule has 1 saturated heterocycles. The molecule has 1 aromatic rings. The smallest absolute Gasteiger partial charge is 0.276 e. The van der Waals surface area contributed by atoms with Crippen molar-refractivity contribution in [3.05, 3.63) is 35.4 Å². The normalized spacial score (nSPS) is 17.0. The minimum atomic E-state index is -3.63. The number of carbonyl (C=O) groups is 1. The van der Waals surface area contributed by atoms with Gasteiger partial charge >= 0.3 is 0 Å². The highest BCUT2D eigenvalue weighted by Gasteiger charge is 2.24. The van der Waals surface area contributed by atoms with Gasteiger partial charge < -0.3 is 5.32 Å². The van der Waals surface area contributed by atoms with Crippen LogP contribution in [0.5, 0.6) is 0 Å². The number of rotatable bonds is 7. The zero-order chi connectivity index (χ0) is 18.4. The van der Waals surface area contributed by atoms with E-state index in [2.05, 4.69) is 43.4 Å². The standard InChI is InChI=1S/C17H28N4O3S/c1-14(2)16-5-3-15(4-6-16)7-8-19-17(22)13-20-9-11-21(12-10-20)25(18,23)24/h3-6,14H,7-13H2,1-2H3,(H,19,22)(H2,18,23,24). The third kappa shape index (κ3) is 6.39. The Morgan fingerprint density at radius 1 is 1.16 bits per heavy atom. The molecule has 1 aliphatic heterocycles. The van der Waals surface area contributed by atoms with Gasteiger partial charge in [0.2, 0.25) is 5.91 Å². The Morgan fingerprint density at radius 2 is 1.76 bits per heavy atom. The minimum absolute atomic E-state index is 0.0390. The second-order valence-corrected chi connectivity index (χ2v) is 8.26. The van der Waals surface area contributed by atoms with E-state index in [0.29, 0.717) is 38.6 Å². The van der Waals surface area contributed by atoms with Crippen LogP contribution in [0.2, 0.25) is 0 Å². The van der Waals surface area contributed by atoms with Gasteiger partial charge in [0.05, 0.1) is 6.54 Å². The van der Waals surface area contributed by atoms with Crippen molar-refractivity contribution in [1.82, 2.24) is 14.5 Å². The monoisotopic (exact) mass is 368 g/mol. The third-order valence-corrected chi connectivity index (χ3v) is 5.53. The molecular weight excluding hydrogens is 340 g/mol. The average molecular weight is 369 g/mol. The summed E-state index contributed by atoms with van der Waals surface area (Å²) in [6.45, 7) is 6.89. The lowest BCUT2D eigenvalue weighted by molar-refractivity contribution is -0.122. The highest BCUT2D eigenvalue weighted by atomic mass is 32.2. The molecule has 1 amide bonds. The molecule has 1 fully saturated rings. The zero-order valence-electron chi connectivity index (χ0n) is 14.9. The van der Waals surface area contributed by atoms with Gasteiger partial charge in [-0.05, 0) is 23.5 Å². The van der Waals surface area contributed by atoms with Crippen molar-refractivity contribution >= 4 is 16.1 Å². The lowest BCUT2D eigenvalue weighted by Gasteiger charge is -2.32. The SMILES string of the molecule is CC(C)c1ccc(CCNC(=O)CN2CCN(S(N)(=O)=O)CC2)cc1. The fourth-order valence-corrected chi connectivity index (χ4v) is 3.49. The van der Waals surface area contributed by atoms with Crippen LogP contribution < -0.4 is 10.5 Å². The Morgan fingerprint density at radius 3 is 2.28 bits per heavy atom. The van der Waals surface area contributed by atoms with E-state index in [9.17, 15) is 13.2 Å². The molecule has 1 aromatic carbocycles. The predicted molar refractivity (Wildman–Crippen MR) is 98.4 cm³/mol. The Balaban J connectivity index is 1.68. The number of nitrogens with two attached hydrogens (primary N) is 1. The first-order valence-electron chi connectivity index (χ1n) is 8.61. The molecule has 1 aliphatic rings. The van der Waals surface area contributed by atoms with E-state index in [0.717, 1.165) is 6.42 Å². The van der Waals surface area contributed by atoms with Crippen LogP contribution in [0.1, 0.15) is 30.9 Å². The molecule has 0 spiro atoms. The molecule has 0 bridgehead atoms. The van der Waals surface area contributed by atoms with Gasteiger partial charge in [-0.2, -0.15) is 12.7 Å². The fraction of sp³-hybridized carbons (Fsp3) is 0.588. The highest BCUT2D eigenvalue weighted by molar-refractivity contribution is 7.86. The molecular formula is C17H28N4O3S. The quantitative estimate of drug-likeness (QED) is 0.723. The van der Waals surface area contributed by atoms with E-state index in [4.69, 9.17) is 5.14 Å². The number of amides is 1. The van der Waals surface area contributed by atoms with Gasteiger partial charge in [-0.25, -0.2) is 5.14 Å². The Bertz CT molecular complexity index is 666. The molecule has 8 heteroatoms. The second-order valence-electron chi connectivity index (χ2n) is 6.72. The van der Waals surface area contributed by atoms with Gasteiger partial charge in [0, 0.05) is 32.7 Å². The number of nitrogens with zero attached hydrogens (tertiary/aromatic N) is 2. The molecule has 0 atom stereocenters. The maximum atomic E-state index is 12.0. The first-order valence-corrected chi connectivity index (χ1v) is 10.1. The lowest BCUT2D eigenvalue weighted by Crippen LogP contribution is -2.52. The summed E-state index contributed by atoms with van der Waals surface area (Å²) in [5, 5.41) is 8.02. The lowest BCUT2D eigenvalue weighted by atomic mass is 10.0. The van der Waals surface area contributed by atoms with Crippen LogP contribution in [0, 0.1) is 0 Å². The summed E-state index contributed by atoms with van der Waals surface area (Å²) in [6.07, 6.45) is 0.795. The van der Waals surface area contributed by atoms with Crippen LogP contribution in [0.15, 0.2) is 24.3 Å². The van der Waals surface area contributed by atoms with Gasteiger partial charge in [-0.15, -0.1) is 0 Å². The van der Waals surface area contributed by atoms with Crippen LogP contribution in [0.4, 0.5) is 0 Å². The summed E-state index contributed by atoms with van der Waals surface area (Å²) in [7, 11) is -3.63. The van der Waals surface area contributed by atoms with Crippen LogP contribution >= 0.6 is 0 Å². The molecule has 7 nitrogen and oxygen atoms in total. The largest absolute Gasteiger partial charge is 0.355 e. The summed E-state index contributed by atoms with van der Waals surface area (Å²) in [5.74, 6) is 0.478. The van der Waals surface area contributed by atoms with Crippen molar-refractivity contribution in [2.24, 2.45) is 5.14 Å². The number of nitrogens with one attached hydrogen (secondary N) is 1. The maximum Gasteiger partial charge on any atom is 0.276 e. The zero-order valence-corrected chi connectivity index (χ0v) is 15.8. The van der Waals surface area contributed by atoms with Crippen molar-refractivity contribution in [3.8, 4) is 0 Å². The predicted octanol–water partition coefficient (Wildman–Crippen LogP) is 0.290. The maximum absolute atomic E-state index is 12.0. The Kier molecular flexibility index (Phi) is 6.95. The molecule has 0 unspecified atom stereocenters. The molecule has 0 radical (unpaired) electrons. The number of piperazine rings is 1. The third-order valence-electron chi connectivity index (χ3n) is 4.44. The number of hydrogen-bond acceptors (Lipinski definition) is 4. The summed E-state index contributed by atoms with van der Waals surface area (Å²) in [6, 6.07) is 8.47. The van der Waals surface area contributed by atoms with Crippen molar-refractivity contribution in [2.45, 2.75) is 26.2 Å². The van der Waals surface area contributed by atoms with Gasteiger partial charge in [-0.1, -0.05) is 38.1 Å². The topological polar surface area (TPSA) is 95.7 Å². The molecule has 0 saturated carbocycles. The number of carbonyl (C=O) groups excluding carboxylic acids is 1. The van der Waals surface area contributed by atoms with Gasteiger partial charge in [0.25, 0.3) is 10.2 Å². The van der Waals surface area contributed by atoms with Gasteiger partial charge in [0.1, 0.15) is 0 Å². The first-order chi connectivity index (χ1) is 11.8. The fourth-order valence-electron chi connectivity index (χ4n) is 2.82. The van der Waals surface area contributed by atoms with Crippen LogP contribution in [-0.4, -0.2) is 62.8 Å². The van der Waals surface area contributed by atoms with Crippen LogP contribution in [0.3, 0.4) is 0 Å². The highest BCUT2D eigenvalue weighted by Crippen LogP contribution is 2.14. The molecule has 140 valence electrons. The van der Waals surface area contributed by atoms with Crippen molar-refractivity contribution in [1.29, 1.82) is 0 Å². The molecule has 25 heavy (non-hydrogen) atoms. The van der Waals surface area contributed by atoms with Gasteiger partial charge in [-0.3, -0.25) is 9.69 Å². The summed E-state index contributed by atoms with van der Waals surface area (Å²) in [5.41, 5.74) is 2.51. The van der Waals surface area contributed by atoms with Crippen LogP contribution in [0.25, 0.3) is 0 Å². The Hall–Kier alpha value is -1.48. The van der Waals surface area contributed by atoms with Crippen LogP contribution in [-0.2, 0) is 21.4 Å². The first kappa shape index (κ1) is 19.8. The summed E-state index contributed by atoms with van der Waals surface area (Å²) >= 11 is 0. The molecule has 3 N–H and O–H groups in total. The van der Waals surface area contributed by atoms with E-state index in [-0.39, 0.29) is 12.5 Å². The number of benzene rings is 1. The summed E-state index contributed by atoms with van der Waals surface area (Å²) in [4.78, 5) is 14.0. The molecule has 0 aliphatic carbocycles. The van der Waals surface area contributed by atoms with Crippen molar-refractivity contribution in [2.75, 3.05) is 39.3 Å².